The van der Waals surface area contributed by atoms with Gasteiger partial charge in [-0.1, -0.05) is 24.3 Å². The summed E-state index contributed by atoms with van der Waals surface area (Å²) >= 11 is 0. The first-order valence-corrected chi connectivity index (χ1v) is 7.70. The second-order valence-corrected chi connectivity index (χ2v) is 5.72. The molecule has 0 radical (unpaired) electrons. The minimum Gasteiger partial charge on any atom is -0.485 e. The maximum absolute atomic E-state index is 12.8. The van der Waals surface area contributed by atoms with Gasteiger partial charge in [-0.15, -0.1) is 0 Å². The zero-order valence-corrected chi connectivity index (χ0v) is 13.3. The highest BCUT2D eigenvalue weighted by molar-refractivity contribution is 5.82. The predicted octanol–water partition coefficient (Wildman–Crippen LogP) is 3.72. The number of hydrogen-bond acceptors (Lipinski definition) is 3. The van der Waals surface area contributed by atoms with Crippen LogP contribution in [0.4, 0.5) is 13.2 Å². The molecule has 132 valence electrons. The molecule has 1 aliphatic rings. The largest absolute Gasteiger partial charge is 0.485 e. The van der Waals surface area contributed by atoms with Crippen molar-refractivity contribution in [1.82, 2.24) is 5.32 Å². The minimum atomic E-state index is -4.43. The van der Waals surface area contributed by atoms with Crippen LogP contribution in [0, 0.1) is 0 Å². The van der Waals surface area contributed by atoms with Crippen molar-refractivity contribution in [2.24, 2.45) is 0 Å². The van der Waals surface area contributed by atoms with E-state index in [0.29, 0.717) is 17.1 Å². The van der Waals surface area contributed by atoms with Gasteiger partial charge in [0.1, 0.15) is 6.61 Å². The smallest absolute Gasteiger partial charge is 0.416 e. The van der Waals surface area contributed by atoms with E-state index in [1.54, 1.807) is 31.2 Å². The summed E-state index contributed by atoms with van der Waals surface area (Å²) in [6.45, 7) is 1.66. The van der Waals surface area contributed by atoms with Crippen LogP contribution in [0.3, 0.4) is 0 Å². The summed E-state index contributed by atoms with van der Waals surface area (Å²) in [5, 5.41) is 2.66. The first kappa shape index (κ1) is 17.1. The van der Waals surface area contributed by atoms with Crippen molar-refractivity contribution in [3.63, 3.8) is 0 Å². The Morgan fingerprint density at radius 1 is 1.16 bits per heavy atom. The number of hydrogen-bond donors (Lipinski definition) is 1. The van der Waals surface area contributed by atoms with Gasteiger partial charge in [-0.05, 0) is 36.8 Å². The molecule has 0 fully saturated rings. The fourth-order valence-electron chi connectivity index (χ4n) is 2.52. The summed E-state index contributed by atoms with van der Waals surface area (Å²) in [7, 11) is 0. The number of rotatable bonds is 3. The average molecular weight is 351 g/mol. The molecule has 1 amide bonds. The van der Waals surface area contributed by atoms with Gasteiger partial charge in [-0.3, -0.25) is 4.79 Å². The van der Waals surface area contributed by atoms with Crippen LogP contribution in [0.1, 0.15) is 24.1 Å². The van der Waals surface area contributed by atoms with Gasteiger partial charge >= 0.3 is 6.18 Å². The fourth-order valence-corrected chi connectivity index (χ4v) is 2.52. The monoisotopic (exact) mass is 351 g/mol. The molecule has 0 spiro atoms. The lowest BCUT2D eigenvalue weighted by Gasteiger charge is -2.27. The van der Waals surface area contributed by atoms with Crippen molar-refractivity contribution < 1.29 is 27.4 Å². The van der Waals surface area contributed by atoms with Gasteiger partial charge in [-0.2, -0.15) is 13.2 Å². The van der Waals surface area contributed by atoms with E-state index < -0.39 is 29.8 Å². The van der Waals surface area contributed by atoms with Crippen LogP contribution in [-0.4, -0.2) is 18.6 Å². The number of amides is 1. The number of fused-ring (bicyclic) bond motifs is 1. The van der Waals surface area contributed by atoms with Crippen molar-refractivity contribution in [2.45, 2.75) is 25.2 Å². The number of benzene rings is 2. The fraction of sp³-hybridized carbons (Fsp3) is 0.278. The molecule has 4 nitrogen and oxygen atoms in total. The molecular formula is C18H16F3NO3. The van der Waals surface area contributed by atoms with Crippen LogP contribution >= 0.6 is 0 Å². The second-order valence-electron chi connectivity index (χ2n) is 5.72. The lowest BCUT2D eigenvalue weighted by molar-refractivity contribution is -0.137. The van der Waals surface area contributed by atoms with E-state index in [1.807, 2.05) is 0 Å². The van der Waals surface area contributed by atoms with Crippen molar-refractivity contribution in [3.8, 4) is 11.5 Å². The molecule has 1 aliphatic heterocycles. The van der Waals surface area contributed by atoms with Crippen LogP contribution in [0.25, 0.3) is 0 Å². The molecule has 1 N–H and O–H groups in total. The van der Waals surface area contributed by atoms with Crippen molar-refractivity contribution in [1.29, 1.82) is 0 Å². The number of nitrogens with one attached hydrogen (secondary N) is 1. The van der Waals surface area contributed by atoms with Gasteiger partial charge in [0.25, 0.3) is 5.91 Å². The number of carbonyl (C=O) groups excluding carboxylic acids is 1. The van der Waals surface area contributed by atoms with Gasteiger partial charge in [0, 0.05) is 0 Å². The maximum atomic E-state index is 12.8. The lowest BCUT2D eigenvalue weighted by atomic mass is 10.0. The molecule has 0 bridgehead atoms. The molecule has 3 rings (SSSR count). The Balaban J connectivity index is 1.67. The summed E-state index contributed by atoms with van der Waals surface area (Å²) in [4.78, 5) is 12.3. The Morgan fingerprint density at radius 3 is 2.60 bits per heavy atom. The standard InChI is InChI=1S/C18H16F3NO3/c1-11(12-5-4-6-13(9-12)18(19,20)21)22-17(23)16-10-24-14-7-2-3-8-15(14)25-16/h2-9,11,16H,10H2,1H3,(H,22,23)/t11-,16-/m1/s1. The Bertz CT molecular complexity index is 776. The highest BCUT2D eigenvalue weighted by Gasteiger charge is 2.31. The molecular weight excluding hydrogens is 335 g/mol. The highest BCUT2D eigenvalue weighted by atomic mass is 19.4. The van der Waals surface area contributed by atoms with Crippen molar-refractivity contribution in [3.05, 3.63) is 59.7 Å². The summed E-state index contributed by atoms with van der Waals surface area (Å²) in [5.74, 6) is 0.567. The van der Waals surface area contributed by atoms with E-state index in [4.69, 9.17) is 9.47 Å². The second kappa shape index (κ2) is 6.66. The van der Waals surface area contributed by atoms with Gasteiger partial charge < -0.3 is 14.8 Å². The van der Waals surface area contributed by atoms with E-state index in [-0.39, 0.29) is 6.61 Å². The van der Waals surface area contributed by atoms with Gasteiger partial charge in [0.05, 0.1) is 11.6 Å². The van der Waals surface area contributed by atoms with Gasteiger partial charge in [-0.25, -0.2) is 0 Å². The van der Waals surface area contributed by atoms with Crippen LogP contribution in [-0.2, 0) is 11.0 Å². The summed E-state index contributed by atoms with van der Waals surface area (Å²) in [6.07, 6.45) is -5.29. The normalized spacial score (nSPS) is 17.7. The van der Waals surface area contributed by atoms with E-state index in [2.05, 4.69) is 5.32 Å². The third-order valence-electron chi connectivity index (χ3n) is 3.87. The molecule has 0 aromatic heterocycles. The number of ether oxygens (including phenoxy) is 2. The molecule has 25 heavy (non-hydrogen) atoms. The van der Waals surface area contributed by atoms with Gasteiger partial charge in [0.15, 0.2) is 11.5 Å². The van der Waals surface area contributed by atoms with Crippen LogP contribution in [0.15, 0.2) is 48.5 Å². The number of carbonyl (C=O) groups is 1. The minimum absolute atomic E-state index is 0.0398. The molecule has 2 atom stereocenters. The van der Waals surface area contributed by atoms with Crippen molar-refractivity contribution in [2.75, 3.05) is 6.61 Å². The van der Waals surface area contributed by atoms with Crippen molar-refractivity contribution >= 4 is 5.91 Å². The molecule has 0 aliphatic carbocycles. The maximum Gasteiger partial charge on any atom is 0.416 e. The average Bonchev–Trinajstić information content (AvgIpc) is 2.60. The summed E-state index contributed by atoms with van der Waals surface area (Å²) < 4.78 is 49.5. The first-order chi connectivity index (χ1) is 11.8. The number of alkyl halides is 3. The summed E-state index contributed by atoms with van der Waals surface area (Å²) in [5.41, 5.74) is -0.391. The third kappa shape index (κ3) is 3.87. The molecule has 1 heterocycles. The Labute approximate surface area is 142 Å². The zero-order valence-electron chi connectivity index (χ0n) is 13.3. The Kier molecular flexibility index (Phi) is 4.57. The quantitative estimate of drug-likeness (QED) is 0.917. The van der Waals surface area contributed by atoms with E-state index in [1.165, 1.54) is 12.1 Å². The first-order valence-electron chi connectivity index (χ1n) is 7.70. The molecule has 2 aromatic rings. The number of para-hydroxylation sites is 2. The predicted molar refractivity (Wildman–Crippen MR) is 84.4 cm³/mol. The molecule has 0 unspecified atom stereocenters. The number of halogens is 3. The molecule has 0 saturated carbocycles. The van der Waals surface area contributed by atoms with Crippen LogP contribution in [0.2, 0.25) is 0 Å². The van der Waals surface area contributed by atoms with Crippen LogP contribution in [0.5, 0.6) is 11.5 Å². The van der Waals surface area contributed by atoms with E-state index >= 15 is 0 Å². The zero-order chi connectivity index (χ0) is 18.0. The molecule has 2 aromatic carbocycles. The highest BCUT2D eigenvalue weighted by Crippen LogP contribution is 2.32. The molecule has 0 saturated heterocycles. The van der Waals surface area contributed by atoms with Crippen LogP contribution < -0.4 is 14.8 Å². The Morgan fingerprint density at radius 2 is 1.88 bits per heavy atom. The summed E-state index contributed by atoms with van der Waals surface area (Å²) in [6, 6.07) is 11.2. The lowest BCUT2D eigenvalue weighted by Crippen LogP contribution is -2.44. The topological polar surface area (TPSA) is 47.6 Å². The van der Waals surface area contributed by atoms with Gasteiger partial charge in [0.2, 0.25) is 6.10 Å². The SMILES string of the molecule is C[C@@H](NC(=O)[C@H]1COc2ccccc2O1)c1cccc(C(F)(F)F)c1. The van der Waals surface area contributed by atoms with E-state index in [9.17, 15) is 18.0 Å². The Hall–Kier alpha value is -2.70. The molecule has 7 heteroatoms. The third-order valence-corrected chi connectivity index (χ3v) is 3.87. The van der Waals surface area contributed by atoms with E-state index in [0.717, 1.165) is 12.1 Å².